The molecule has 9 aromatic rings. The molecule has 0 atom stereocenters. The van der Waals surface area contributed by atoms with E-state index in [9.17, 15) is 10.5 Å². The highest BCUT2D eigenvalue weighted by atomic mass is 15.0. The Hall–Kier alpha value is -6.36. The Bertz CT molecular complexity index is 2600. The summed E-state index contributed by atoms with van der Waals surface area (Å²) in [5.41, 5.74) is 6.46. The van der Waals surface area contributed by atoms with Crippen molar-refractivity contribution in [3.8, 4) is 23.5 Å². The molecule has 0 aliphatic rings. The first kappa shape index (κ1) is 24.3. The van der Waals surface area contributed by atoms with Crippen LogP contribution >= 0.6 is 0 Å². The quantitative estimate of drug-likeness (QED) is 0.212. The van der Waals surface area contributed by atoms with Crippen LogP contribution in [0.1, 0.15) is 11.1 Å². The molecule has 0 N–H and O–H groups in total. The molecule has 0 aliphatic heterocycles. The number of hydrogen-bond donors (Lipinski definition) is 0. The molecule has 0 bridgehead atoms. The minimum atomic E-state index is 0.450. The van der Waals surface area contributed by atoms with Crippen molar-refractivity contribution in [1.82, 2.24) is 9.13 Å². The molecule has 0 saturated heterocycles. The number of fused-ring (bicyclic) bond motifs is 10. The highest BCUT2D eigenvalue weighted by Gasteiger charge is 2.22. The summed E-state index contributed by atoms with van der Waals surface area (Å²) in [5.74, 6) is 0. The third-order valence-electron chi connectivity index (χ3n) is 8.96. The lowest BCUT2D eigenvalue weighted by Crippen LogP contribution is -2.04. The molecule has 202 valence electrons. The van der Waals surface area contributed by atoms with Crippen LogP contribution in [0.4, 0.5) is 0 Å². The van der Waals surface area contributed by atoms with Gasteiger partial charge >= 0.3 is 0 Å². The summed E-state index contributed by atoms with van der Waals surface area (Å²) >= 11 is 0. The molecule has 0 saturated carbocycles. The van der Waals surface area contributed by atoms with Crippen molar-refractivity contribution in [3.63, 3.8) is 0 Å². The van der Waals surface area contributed by atoms with Crippen molar-refractivity contribution in [3.05, 3.63) is 145 Å². The van der Waals surface area contributed by atoms with E-state index in [2.05, 4.69) is 118 Å². The second-order valence-electron chi connectivity index (χ2n) is 11.2. The second kappa shape index (κ2) is 9.07. The fourth-order valence-electron chi connectivity index (χ4n) is 7.12. The SMILES string of the molecule is N#Cc1cc(C#N)c(-n2c3ccc4ccccc4c3c3c4ccccc4ccc32)cc1-n1c2ccccc2c2ccccc21. The Morgan fingerprint density at radius 2 is 0.795 bits per heavy atom. The van der Waals surface area contributed by atoms with Gasteiger partial charge < -0.3 is 9.13 Å². The molecule has 0 aliphatic carbocycles. The van der Waals surface area contributed by atoms with E-state index in [-0.39, 0.29) is 0 Å². The topological polar surface area (TPSA) is 57.4 Å². The first-order chi connectivity index (χ1) is 21.8. The summed E-state index contributed by atoms with van der Waals surface area (Å²) in [7, 11) is 0. The second-order valence-corrected chi connectivity index (χ2v) is 11.2. The summed E-state index contributed by atoms with van der Waals surface area (Å²) in [6.07, 6.45) is 0. The molecule has 44 heavy (non-hydrogen) atoms. The average molecular weight is 559 g/mol. The summed E-state index contributed by atoms with van der Waals surface area (Å²) in [5, 5.41) is 30.1. The number of nitrogens with zero attached hydrogens (tertiary/aromatic N) is 4. The van der Waals surface area contributed by atoms with Crippen molar-refractivity contribution in [2.45, 2.75) is 0 Å². The van der Waals surface area contributed by atoms with Crippen molar-refractivity contribution < 1.29 is 0 Å². The van der Waals surface area contributed by atoms with E-state index in [1.165, 1.54) is 21.5 Å². The van der Waals surface area contributed by atoms with Gasteiger partial charge in [-0.2, -0.15) is 10.5 Å². The fourth-order valence-corrected chi connectivity index (χ4v) is 7.12. The predicted molar refractivity (Wildman–Crippen MR) is 180 cm³/mol. The van der Waals surface area contributed by atoms with Crippen LogP contribution in [0.15, 0.2) is 133 Å². The molecule has 0 amide bonds. The molecule has 7 aromatic carbocycles. The number of benzene rings is 7. The van der Waals surface area contributed by atoms with Gasteiger partial charge in [-0.25, -0.2) is 0 Å². The van der Waals surface area contributed by atoms with E-state index in [4.69, 9.17) is 0 Å². The lowest BCUT2D eigenvalue weighted by molar-refractivity contribution is 1.12. The molecule has 4 heteroatoms. The van der Waals surface area contributed by atoms with Gasteiger partial charge in [-0.3, -0.25) is 0 Å². The van der Waals surface area contributed by atoms with Crippen molar-refractivity contribution >= 4 is 65.2 Å². The third kappa shape index (κ3) is 3.20. The summed E-state index contributed by atoms with van der Waals surface area (Å²) in [6.45, 7) is 0. The summed E-state index contributed by atoms with van der Waals surface area (Å²) in [4.78, 5) is 0. The van der Waals surface area contributed by atoms with Crippen LogP contribution in [0.25, 0.3) is 76.5 Å². The van der Waals surface area contributed by atoms with Gasteiger partial charge in [0.15, 0.2) is 0 Å². The molecule has 9 rings (SSSR count). The number of nitriles is 2. The Balaban J connectivity index is 1.48. The van der Waals surface area contributed by atoms with E-state index in [1.807, 2.05) is 30.3 Å². The van der Waals surface area contributed by atoms with Gasteiger partial charge in [-0.15, -0.1) is 0 Å². The van der Waals surface area contributed by atoms with E-state index >= 15 is 0 Å². The Morgan fingerprint density at radius 3 is 1.27 bits per heavy atom. The van der Waals surface area contributed by atoms with Crippen LogP contribution in [-0.4, -0.2) is 9.13 Å². The molecular weight excluding hydrogens is 536 g/mol. The molecule has 0 fully saturated rings. The number of aromatic nitrogens is 2. The number of hydrogen-bond acceptors (Lipinski definition) is 2. The molecule has 0 spiro atoms. The maximum atomic E-state index is 10.5. The minimum absolute atomic E-state index is 0.450. The van der Waals surface area contributed by atoms with Crippen molar-refractivity contribution in [2.75, 3.05) is 0 Å². The molecule has 0 radical (unpaired) electrons. The molecule has 2 heterocycles. The van der Waals surface area contributed by atoms with Gasteiger partial charge in [-0.1, -0.05) is 97.1 Å². The van der Waals surface area contributed by atoms with Crippen LogP contribution in [-0.2, 0) is 0 Å². The van der Waals surface area contributed by atoms with Gasteiger partial charge in [0, 0.05) is 21.5 Å². The van der Waals surface area contributed by atoms with Gasteiger partial charge in [0.25, 0.3) is 0 Å². The average Bonchev–Trinajstić information content (AvgIpc) is 3.61. The van der Waals surface area contributed by atoms with Crippen LogP contribution in [0.5, 0.6) is 0 Å². The monoisotopic (exact) mass is 558 g/mol. The normalized spacial score (nSPS) is 11.6. The lowest BCUT2D eigenvalue weighted by atomic mass is 10.00. The highest BCUT2D eigenvalue weighted by Crippen LogP contribution is 2.42. The Kier molecular flexibility index (Phi) is 5.00. The van der Waals surface area contributed by atoms with E-state index < -0.39 is 0 Å². The maximum Gasteiger partial charge on any atom is 0.101 e. The summed E-state index contributed by atoms with van der Waals surface area (Å²) in [6, 6.07) is 50.7. The van der Waals surface area contributed by atoms with E-state index in [0.717, 1.165) is 55.0 Å². The first-order valence-electron chi connectivity index (χ1n) is 14.6. The Labute approximate surface area is 252 Å². The van der Waals surface area contributed by atoms with Crippen LogP contribution < -0.4 is 0 Å². The first-order valence-corrected chi connectivity index (χ1v) is 14.6. The number of para-hydroxylation sites is 2. The smallest absolute Gasteiger partial charge is 0.101 e. The summed E-state index contributed by atoms with van der Waals surface area (Å²) < 4.78 is 4.37. The fraction of sp³-hybridized carbons (Fsp3) is 0. The largest absolute Gasteiger partial charge is 0.308 e. The molecule has 2 aromatic heterocycles. The minimum Gasteiger partial charge on any atom is -0.308 e. The van der Waals surface area contributed by atoms with Crippen LogP contribution in [0, 0.1) is 22.7 Å². The zero-order valence-electron chi connectivity index (χ0n) is 23.5. The van der Waals surface area contributed by atoms with Crippen LogP contribution in [0.3, 0.4) is 0 Å². The maximum absolute atomic E-state index is 10.5. The van der Waals surface area contributed by atoms with Gasteiger partial charge in [-0.05, 0) is 57.9 Å². The molecule has 4 nitrogen and oxygen atoms in total. The van der Waals surface area contributed by atoms with Gasteiger partial charge in [0.2, 0.25) is 0 Å². The Morgan fingerprint density at radius 1 is 0.386 bits per heavy atom. The van der Waals surface area contributed by atoms with E-state index in [0.29, 0.717) is 11.1 Å². The predicted octanol–water partition coefficient (Wildman–Crippen LogP) is 9.93. The third-order valence-corrected chi connectivity index (χ3v) is 8.96. The number of rotatable bonds is 2. The van der Waals surface area contributed by atoms with Crippen molar-refractivity contribution in [2.24, 2.45) is 0 Å². The van der Waals surface area contributed by atoms with E-state index in [1.54, 1.807) is 6.07 Å². The zero-order chi connectivity index (χ0) is 29.4. The molecule has 0 unspecified atom stereocenters. The molecular formula is C40H22N4. The van der Waals surface area contributed by atoms with Crippen LogP contribution in [0.2, 0.25) is 0 Å². The van der Waals surface area contributed by atoms with Crippen molar-refractivity contribution in [1.29, 1.82) is 10.5 Å². The zero-order valence-corrected chi connectivity index (χ0v) is 23.5. The van der Waals surface area contributed by atoms with Gasteiger partial charge in [0.1, 0.15) is 12.1 Å². The van der Waals surface area contributed by atoms with Gasteiger partial charge in [0.05, 0.1) is 44.6 Å². The lowest BCUT2D eigenvalue weighted by Gasteiger charge is -2.16. The standard InChI is InChI=1S/C40H22N4/c41-23-27-21-28(24-42)38(22-37(27)43-33-15-7-5-13-31(33)32-14-6-8-16-34(32)43)44-35-19-17-25-9-1-3-11-29(25)39(35)40-30-12-4-2-10-26(30)18-20-36(40)44/h1-22H. The highest BCUT2D eigenvalue weighted by molar-refractivity contribution is 6.28.